The Morgan fingerprint density at radius 3 is 2.58 bits per heavy atom. The third-order valence-corrected chi connectivity index (χ3v) is 6.96. The van der Waals surface area contributed by atoms with Gasteiger partial charge in [0.05, 0.1) is 21.7 Å². The van der Waals surface area contributed by atoms with Crippen molar-refractivity contribution in [3.8, 4) is 0 Å². The third kappa shape index (κ3) is 7.98. The van der Waals surface area contributed by atoms with Gasteiger partial charge in [-0.15, -0.1) is 0 Å². The van der Waals surface area contributed by atoms with Crippen LogP contribution < -0.4 is 10.6 Å². The minimum absolute atomic E-state index is 0.132. The van der Waals surface area contributed by atoms with E-state index >= 15 is 0 Å². The number of rotatable bonds is 7. The van der Waals surface area contributed by atoms with E-state index in [1.807, 2.05) is 0 Å². The molecule has 0 spiro atoms. The molecular formula is C27H28Cl2F3N3O3. The van der Waals surface area contributed by atoms with Gasteiger partial charge < -0.3 is 15.5 Å². The number of hydrogen-bond donors (Lipinski definition) is 2. The number of carbonyl (C=O) groups excluding carboxylic acids is 3. The average Bonchev–Trinajstić information content (AvgIpc) is 3.05. The maximum Gasteiger partial charge on any atom is 0.416 e. The lowest BCUT2D eigenvalue weighted by atomic mass is 10.0. The van der Waals surface area contributed by atoms with E-state index in [2.05, 4.69) is 10.6 Å². The van der Waals surface area contributed by atoms with Crippen LogP contribution in [0.25, 0.3) is 0 Å². The number of nitrogens with one attached hydrogen (secondary N) is 2. The first-order valence-corrected chi connectivity index (χ1v) is 12.8. The Kier molecular flexibility index (Phi) is 9.84. The van der Waals surface area contributed by atoms with Crippen LogP contribution in [0.4, 0.5) is 13.2 Å². The molecule has 2 aromatic carbocycles. The SMILES string of the molecule is Cc1cc(C(=O)N(C)[C@@H](/C=C/C(=O)N[C@@H]2CCCCNC2=O)Cc2ccc(Cl)c(Cl)c2)cc(C(F)(F)F)c1. The fourth-order valence-electron chi connectivity index (χ4n) is 4.16. The molecule has 0 saturated carbocycles. The molecule has 2 aromatic rings. The van der Waals surface area contributed by atoms with Crippen LogP contribution in [0.3, 0.4) is 0 Å². The zero-order valence-corrected chi connectivity index (χ0v) is 22.4. The molecule has 0 radical (unpaired) electrons. The molecule has 3 rings (SSSR count). The Balaban J connectivity index is 1.87. The number of hydrogen-bond acceptors (Lipinski definition) is 3. The van der Waals surface area contributed by atoms with Crippen LogP contribution in [0.5, 0.6) is 0 Å². The van der Waals surface area contributed by atoms with Gasteiger partial charge in [0.25, 0.3) is 5.91 Å². The molecule has 0 bridgehead atoms. The molecular weight excluding hydrogens is 542 g/mol. The third-order valence-electron chi connectivity index (χ3n) is 6.22. The summed E-state index contributed by atoms with van der Waals surface area (Å²) in [7, 11) is 1.45. The van der Waals surface area contributed by atoms with Crippen LogP contribution >= 0.6 is 23.2 Å². The van der Waals surface area contributed by atoms with Crippen LogP contribution in [0.2, 0.25) is 10.0 Å². The molecule has 0 aliphatic carbocycles. The highest BCUT2D eigenvalue weighted by Gasteiger charge is 2.32. The molecule has 1 heterocycles. The minimum Gasteiger partial charge on any atom is -0.354 e. The molecule has 2 atom stereocenters. The van der Waals surface area contributed by atoms with E-state index < -0.39 is 35.6 Å². The van der Waals surface area contributed by atoms with Crippen molar-refractivity contribution in [2.24, 2.45) is 0 Å². The molecule has 3 amide bonds. The summed E-state index contributed by atoms with van der Waals surface area (Å²) in [5.41, 5.74) is -0.0782. The second-order valence-electron chi connectivity index (χ2n) is 9.23. The van der Waals surface area contributed by atoms with Gasteiger partial charge in [-0.25, -0.2) is 0 Å². The summed E-state index contributed by atoms with van der Waals surface area (Å²) in [6.45, 7) is 2.03. The smallest absolute Gasteiger partial charge is 0.354 e. The molecule has 204 valence electrons. The first-order chi connectivity index (χ1) is 17.8. The van der Waals surface area contributed by atoms with Crippen LogP contribution in [0.15, 0.2) is 48.6 Å². The fraction of sp³-hybridized carbons (Fsp3) is 0.370. The summed E-state index contributed by atoms with van der Waals surface area (Å²) in [6.07, 6.45) is 0.395. The Bertz CT molecular complexity index is 1230. The molecule has 1 aliphatic rings. The van der Waals surface area contributed by atoms with Crippen molar-refractivity contribution in [1.29, 1.82) is 0 Å². The molecule has 11 heteroatoms. The summed E-state index contributed by atoms with van der Waals surface area (Å²) in [4.78, 5) is 39.4. The van der Waals surface area contributed by atoms with Crippen molar-refractivity contribution in [3.05, 3.63) is 80.8 Å². The van der Waals surface area contributed by atoms with Crippen molar-refractivity contribution < 1.29 is 27.6 Å². The zero-order chi connectivity index (χ0) is 28.0. The molecule has 0 unspecified atom stereocenters. The van der Waals surface area contributed by atoms with E-state index in [0.717, 1.165) is 25.0 Å². The lowest BCUT2D eigenvalue weighted by molar-refractivity contribution is -0.137. The summed E-state index contributed by atoms with van der Waals surface area (Å²) >= 11 is 12.1. The van der Waals surface area contributed by atoms with Crippen molar-refractivity contribution in [2.45, 2.75) is 50.9 Å². The lowest BCUT2D eigenvalue weighted by Gasteiger charge is -2.27. The Morgan fingerprint density at radius 1 is 1.16 bits per heavy atom. The highest BCUT2D eigenvalue weighted by Crippen LogP contribution is 2.31. The summed E-state index contributed by atoms with van der Waals surface area (Å²) < 4.78 is 40.1. The van der Waals surface area contributed by atoms with Crippen LogP contribution in [-0.4, -0.2) is 48.3 Å². The highest BCUT2D eigenvalue weighted by molar-refractivity contribution is 6.42. The normalized spacial score (nSPS) is 17.0. The van der Waals surface area contributed by atoms with Gasteiger partial charge in [0, 0.05) is 25.2 Å². The Morgan fingerprint density at radius 2 is 1.89 bits per heavy atom. The number of benzene rings is 2. The maximum atomic E-state index is 13.4. The van der Waals surface area contributed by atoms with Crippen molar-refractivity contribution >= 4 is 40.9 Å². The Labute approximate surface area is 229 Å². The number of halogens is 5. The fourth-order valence-corrected chi connectivity index (χ4v) is 4.48. The van der Waals surface area contributed by atoms with Crippen LogP contribution in [-0.2, 0) is 22.2 Å². The van der Waals surface area contributed by atoms with E-state index in [0.29, 0.717) is 28.6 Å². The molecule has 6 nitrogen and oxygen atoms in total. The first kappa shape index (κ1) is 29.5. The van der Waals surface area contributed by atoms with Gasteiger partial charge >= 0.3 is 6.18 Å². The van der Waals surface area contributed by atoms with Crippen molar-refractivity contribution in [1.82, 2.24) is 15.5 Å². The van der Waals surface area contributed by atoms with Gasteiger partial charge in [-0.3, -0.25) is 14.4 Å². The summed E-state index contributed by atoms with van der Waals surface area (Å²) in [5.74, 6) is -1.44. The molecule has 38 heavy (non-hydrogen) atoms. The topological polar surface area (TPSA) is 78.5 Å². The summed E-state index contributed by atoms with van der Waals surface area (Å²) in [6, 6.07) is 6.67. The predicted octanol–water partition coefficient (Wildman–Crippen LogP) is 5.35. The van der Waals surface area contributed by atoms with Crippen molar-refractivity contribution in [3.63, 3.8) is 0 Å². The Hall–Kier alpha value is -3.04. The maximum absolute atomic E-state index is 13.4. The van der Waals surface area contributed by atoms with E-state index in [4.69, 9.17) is 23.2 Å². The second kappa shape index (κ2) is 12.7. The van der Waals surface area contributed by atoms with E-state index in [1.165, 1.54) is 37.1 Å². The van der Waals surface area contributed by atoms with E-state index in [9.17, 15) is 27.6 Å². The highest BCUT2D eigenvalue weighted by atomic mass is 35.5. The molecule has 1 fully saturated rings. The number of carbonyl (C=O) groups is 3. The van der Waals surface area contributed by atoms with E-state index in [-0.39, 0.29) is 23.5 Å². The number of nitrogens with zero attached hydrogens (tertiary/aromatic N) is 1. The van der Waals surface area contributed by atoms with E-state index in [1.54, 1.807) is 18.2 Å². The second-order valence-corrected chi connectivity index (χ2v) is 10.0. The number of amides is 3. The zero-order valence-electron chi connectivity index (χ0n) is 20.9. The standard InChI is InChI=1S/C27H28Cl2F3N3O3/c1-16-11-18(15-19(12-16)27(30,31)32)26(38)35(2)20(13-17-6-8-21(28)22(29)14-17)7-9-24(36)34-23-5-3-4-10-33-25(23)37/h6-9,11-12,14-15,20,23H,3-5,10,13H2,1-2H3,(H,33,37)(H,34,36)/b9-7+/t20-,23+/m0/s1. The first-order valence-electron chi connectivity index (χ1n) is 12.0. The quantitative estimate of drug-likeness (QED) is 0.441. The number of aryl methyl sites for hydroxylation is 1. The average molecular weight is 570 g/mol. The number of alkyl halides is 3. The van der Waals surface area contributed by atoms with Crippen LogP contribution in [0, 0.1) is 6.92 Å². The predicted molar refractivity (Wildman–Crippen MR) is 140 cm³/mol. The number of likely N-dealkylation sites (N-methyl/N-ethyl adjacent to an activating group) is 1. The lowest BCUT2D eigenvalue weighted by Crippen LogP contribution is -2.45. The van der Waals surface area contributed by atoms with Gasteiger partial charge in [-0.1, -0.05) is 35.3 Å². The van der Waals surface area contributed by atoms with Gasteiger partial charge in [0.2, 0.25) is 11.8 Å². The molecule has 1 saturated heterocycles. The largest absolute Gasteiger partial charge is 0.416 e. The monoisotopic (exact) mass is 569 g/mol. The summed E-state index contributed by atoms with van der Waals surface area (Å²) in [5, 5.41) is 6.05. The molecule has 2 N–H and O–H groups in total. The van der Waals surface area contributed by atoms with Gasteiger partial charge in [0.1, 0.15) is 6.04 Å². The van der Waals surface area contributed by atoms with Crippen LogP contribution in [0.1, 0.15) is 46.3 Å². The molecule has 1 aliphatic heterocycles. The van der Waals surface area contributed by atoms with Crippen molar-refractivity contribution in [2.75, 3.05) is 13.6 Å². The van der Waals surface area contributed by atoms with Gasteiger partial charge in [-0.2, -0.15) is 13.2 Å². The van der Waals surface area contributed by atoms with Gasteiger partial charge in [-0.05, 0) is 74.1 Å². The molecule has 0 aromatic heterocycles. The minimum atomic E-state index is -4.61. The van der Waals surface area contributed by atoms with Gasteiger partial charge in [0.15, 0.2) is 0 Å².